The van der Waals surface area contributed by atoms with Gasteiger partial charge in [0, 0.05) is 31.3 Å². The van der Waals surface area contributed by atoms with Crippen molar-refractivity contribution in [2.24, 2.45) is 0 Å². The number of pyridine rings is 1. The van der Waals surface area contributed by atoms with E-state index in [9.17, 15) is 9.59 Å². The number of benzene rings is 1. The molecule has 8 nitrogen and oxygen atoms in total. The molecule has 2 atom stereocenters. The van der Waals surface area contributed by atoms with Gasteiger partial charge in [0.25, 0.3) is 11.5 Å². The number of amides is 1. The maximum Gasteiger partial charge on any atom is 0.263 e. The Morgan fingerprint density at radius 1 is 1.22 bits per heavy atom. The van der Waals surface area contributed by atoms with E-state index in [1.807, 2.05) is 31.2 Å². The minimum Gasteiger partial charge on any atom is -0.494 e. The number of aromatic nitrogens is 3. The highest BCUT2D eigenvalue weighted by molar-refractivity contribution is 5.81. The van der Waals surface area contributed by atoms with E-state index in [0.717, 1.165) is 12.2 Å². The van der Waals surface area contributed by atoms with Crippen LogP contribution in [0.2, 0.25) is 0 Å². The van der Waals surface area contributed by atoms with Gasteiger partial charge < -0.3 is 19.4 Å². The highest BCUT2D eigenvalue weighted by atomic mass is 16.5. The van der Waals surface area contributed by atoms with Crippen LogP contribution in [0.1, 0.15) is 31.9 Å². The molecule has 1 aliphatic rings. The van der Waals surface area contributed by atoms with Crippen LogP contribution in [0.4, 0.5) is 0 Å². The summed E-state index contributed by atoms with van der Waals surface area (Å²) in [5.74, 6) is 1.71. The third-order valence-corrected chi connectivity index (χ3v) is 5.38. The number of rotatable bonds is 7. The molecule has 1 amide bonds. The van der Waals surface area contributed by atoms with E-state index < -0.39 is 6.10 Å². The van der Waals surface area contributed by atoms with Crippen LogP contribution in [-0.2, 0) is 4.79 Å². The van der Waals surface area contributed by atoms with E-state index in [1.165, 1.54) is 6.07 Å². The molecular formula is C24H26N4O4. The molecule has 2 aromatic heterocycles. The first-order chi connectivity index (χ1) is 15.5. The van der Waals surface area contributed by atoms with Crippen LogP contribution < -0.4 is 15.0 Å². The molecule has 8 heteroatoms. The van der Waals surface area contributed by atoms with Gasteiger partial charge >= 0.3 is 0 Å². The van der Waals surface area contributed by atoms with Gasteiger partial charge in [0.15, 0.2) is 11.9 Å². The summed E-state index contributed by atoms with van der Waals surface area (Å²) in [4.78, 5) is 38.5. The number of likely N-dealkylation sites (tertiary alicyclic amines) is 1. The predicted octanol–water partition coefficient (Wildman–Crippen LogP) is 3.01. The number of ether oxygens (including phenoxy) is 2. The normalized spacial score (nSPS) is 16.6. The average Bonchev–Trinajstić information content (AvgIpc) is 3.30. The quantitative estimate of drug-likeness (QED) is 0.614. The summed E-state index contributed by atoms with van der Waals surface area (Å²) in [6, 6.07) is 14.2. The van der Waals surface area contributed by atoms with Crippen LogP contribution in [0.25, 0.3) is 11.5 Å². The lowest BCUT2D eigenvalue weighted by atomic mass is 10.0. The molecule has 4 rings (SSSR count). The van der Waals surface area contributed by atoms with E-state index in [2.05, 4.69) is 15.0 Å². The first kappa shape index (κ1) is 21.5. The van der Waals surface area contributed by atoms with Gasteiger partial charge in [0.05, 0.1) is 12.3 Å². The Morgan fingerprint density at radius 2 is 2.00 bits per heavy atom. The van der Waals surface area contributed by atoms with Gasteiger partial charge in [0.1, 0.15) is 17.2 Å². The average molecular weight is 434 g/mol. The Kier molecular flexibility index (Phi) is 6.49. The van der Waals surface area contributed by atoms with Crippen LogP contribution in [0, 0.1) is 0 Å². The molecule has 0 saturated carbocycles. The summed E-state index contributed by atoms with van der Waals surface area (Å²) >= 11 is 0. The minimum atomic E-state index is -0.622. The topological polar surface area (TPSA) is 97.4 Å². The van der Waals surface area contributed by atoms with Gasteiger partial charge in [0.2, 0.25) is 0 Å². The zero-order valence-corrected chi connectivity index (χ0v) is 18.2. The van der Waals surface area contributed by atoms with Gasteiger partial charge in [-0.3, -0.25) is 14.6 Å². The lowest BCUT2D eigenvalue weighted by molar-refractivity contribution is -0.136. The molecule has 0 radical (unpaired) electrons. The van der Waals surface area contributed by atoms with Crippen molar-refractivity contribution >= 4 is 5.91 Å². The number of nitrogens with one attached hydrogen (secondary N) is 1. The first-order valence-electron chi connectivity index (χ1n) is 10.7. The SMILES string of the molecule is CCOc1ccc(O[C@@H](C)C(=O)N2CC[C@H](c3cc(=O)[nH]c(-c4ccccn4)n3)C2)cc1. The molecule has 0 aliphatic carbocycles. The second kappa shape index (κ2) is 9.64. The molecule has 3 heterocycles. The molecular weight excluding hydrogens is 408 g/mol. The first-order valence-corrected chi connectivity index (χ1v) is 10.7. The molecule has 0 unspecified atom stereocenters. The second-order valence-corrected chi connectivity index (χ2v) is 7.67. The highest BCUT2D eigenvalue weighted by Gasteiger charge is 2.32. The van der Waals surface area contributed by atoms with Crippen LogP contribution in [0.3, 0.4) is 0 Å². The largest absolute Gasteiger partial charge is 0.494 e. The summed E-state index contributed by atoms with van der Waals surface area (Å²) in [6.07, 6.45) is 1.77. The van der Waals surface area contributed by atoms with Crippen molar-refractivity contribution in [2.45, 2.75) is 32.3 Å². The van der Waals surface area contributed by atoms with Crippen LogP contribution in [0.5, 0.6) is 11.5 Å². The summed E-state index contributed by atoms with van der Waals surface area (Å²) in [5.41, 5.74) is 1.05. The number of carbonyl (C=O) groups excluding carboxylic acids is 1. The zero-order chi connectivity index (χ0) is 22.5. The van der Waals surface area contributed by atoms with Crippen LogP contribution in [-0.4, -0.2) is 51.6 Å². The Labute approximate surface area is 186 Å². The van der Waals surface area contributed by atoms with Crippen molar-refractivity contribution < 1.29 is 14.3 Å². The molecule has 1 saturated heterocycles. The minimum absolute atomic E-state index is 0.0126. The molecule has 1 aliphatic heterocycles. The third-order valence-electron chi connectivity index (χ3n) is 5.38. The number of aromatic amines is 1. The second-order valence-electron chi connectivity index (χ2n) is 7.67. The zero-order valence-electron chi connectivity index (χ0n) is 18.2. The standard InChI is InChI=1S/C24H26N4O4/c1-3-31-18-7-9-19(10-8-18)32-16(2)24(30)28-13-11-17(15-28)21-14-22(29)27-23(26-21)20-6-4-5-12-25-20/h4-10,12,14,16-17H,3,11,13,15H2,1-2H3,(H,26,27,29)/t16-,17-/m0/s1. The molecule has 0 spiro atoms. The van der Waals surface area contributed by atoms with E-state index in [-0.39, 0.29) is 17.4 Å². The fraction of sp³-hybridized carbons (Fsp3) is 0.333. The number of hydrogen-bond donors (Lipinski definition) is 1. The molecule has 32 heavy (non-hydrogen) atoms. The van der Waals surface area contributed by atoms with Gasteiger partial charge in [-0.05, 0) is 56.7 Å². The van der Waals surface area contributed by atoms with Gasteiger partial charge in [-0.1, -0.05) is 6.07 Å². The Morgan fingerprint density at radius 3 is 2.72 bits per heavy atom. The fourth-order valence-electron chi connectivity index (χ4n) is 3.80. The molecule has 1 N–H and O–H groups in total. The molecule has 0 bridgehead atoms. The van der Waals surface area contributed by atoms with E-state index in [1.54, 1.807) is 36.2 Å². The van der Waals surface area contributed by atoms with Crippen molar-refractivity contribution in [3.63, 3.8) is 0 Å². The van der Waals surface area contributed by atoms with Crippen molar-refractivity contribution in [3.05, 3.63) is 70.8 Å². The molecule has 166 valence electrons. The van der Waals surface area contributed by atoms with Crippen molar-refractivity contribution in [1.29, 1.82) is 0 Å². The molecule has 3 aromatic rings. The third kappa shape index (κ3) is 4.96. The summed E-state index contributed by atoms with van der Waals surface area (Å²) in [6.45, 7) is 5.35. The van der Waals surface area contributed by atoms with Gasteiger partial charge in [-0.25, -0.2) is 4.98 Å². The molecule has 1 fully saturated rings. The lowest BCUT2D eigenvalue weighted by Gasteiger charge is -2.22. The number of nitrogens with zero attached hydrogens (tertiary/aromatic N) is 3. The van der Waals surface area contributed by atoms with Gasteiger partial charge in [-0.2, -0.15) is 0 Å². The number of carbonyl (C=O) groups is 1. The number of H-pyrrole nitrogens is 1. The van der Waals surface area contributed by atoms with Crippen molar-refractivity contribution in [1.82, 2.24) is 19.9 Å². The smallest absolute Gasteiger partial charge is 0.263 e. The Balaban J connectivity index is 1.41. The maximum absolute atomic E-state index is 12.9. The summed E-state index contributed by atoms with van der Waals surface area (Å²) in [5, 5.41) is 0. The maximum atomic E-state index is 12.9. The van der Waals surface area contributed by atoms with Crippen LogP contribution in [0.15, 0.2) is 59.5 Å². The van der Waals surface area contributed by atoms with Crippen LogP contribution >= 0.6 is 0 Å². The van der Waals surface area contributed by atoms with E-state index in [4.69, 9.17) is 9.47 Å². The fourth-order valence-corrected chi connectivity index (χ4v) is 3.80. The lowest BCUT2D eigenvalue weighted by Crippen LogP contribution is -2.39. The molecule has 1 aromatic carbocycles. The summed E-state index contributed by atoms with van der Waals surface area (Å²) in [7, 11) is 0. The van der Waals surface area contributed by atoms with Crippen molar-refractivity contribution in [3.8, 4) is 23.0 Å². The van der Waals surface area contributed by atoms with E-state index >= 15 is 0 Å². The predicted molar refractivity (Wildman–Crippen MR) is 120 cm³/mol. The highest BCUT2D eigenvalue weighted by Crippen LogP contribution is 2.27. The Bertz CT molecular complexity index is 1110. The summed E-state index contributed by atoms with van der Waals surface area (Å²) < 4.78 is 11.3. The Hall–Kier alpha value is -3.68. The van der Waals surface area contributed by atoms with Crippen molar-refractivity contribution in [2.75, 3.05) is 19.7 Å². The number of hydrogen-bond acceptors (Lipinski definition) is 6. The van der Waals surface area contributed by atoms with E-state index in [0.29, 0.717) is 42.7 Å². The monoisotopic (exact) mass is 434 g/mol. The van der Waals surface area contributed by atoms with Gasteiger partial charge in [-0.15, -0.1) is 0 Å².